The third kappa shape index (κ3) is 5.25. The van der Waals surface area contributed by atoms with Crippen molar-refractivity contribution in [1.82, 2.24) is 34.6 Å². The van der Waals surface area contributed by atoms with Gasteiger partial charge in [-0.1, -0.05) is 12.1 Å². The number of likely N-dealkylation sites (tertiary alicyclic amines) is 1. The predicted octanol–water partition coefficient (Wildman–Crippen LogP) is 2.08. The Morgan fingerprint density at radius 1 is 1.16 bits per heavy atom. The second-order valence-corrected chi connectivity index (χ2v) is 11.2. The smallest absolute Gasteiger partial charge is 0.250 e. The van der Waals surface area contributed by atoms with Gasteiger partial charge in [0.25, 0.3) is 5.91 Å². The van der Waals surface area contributed by atoms with Crippen LogP contribution in [0.15, 0.2) is 36.8 Å². The molecule has 1 fully saturated rings. The van der Waals surface area contributed by atoms with Gasteiger partial charge in [-0.25, -0.2) is 15.0 Å². The average molecular weight is 575 g/mol. The first kappa shape index (κ1) is 29.5. The number of anilines is 1. The Labute approximate surface area is 250 Å². The van der Waals surface area contributed by atoms with Crippen molar-refractivity contribution in [3.8, 4) is 17.3 Å². The second-order valence-electron chi connectivity index (χ2n) is 11.2. The summed E-state index contributed by atoms with van der Waals surface area (Å²) in [4.78, 5) is 60.5. The molecule has 5 heterocycles. The van der Waals surface area contributed by atoms with Crippen LogP contribution in [0, 0.1) is 30.6 Å². The normalized spacial score (nSPS) is 19.8. The molecule has 12 nitrogen and oxygen atoms in total. The Bertz CT molecular complexity index is 1810. The summed E-state index contributed by atoms with van der Waals surface area (Å²) < 4.78 is 1.42. The number of rotatable bonds is 6. The minimum atomic E-state index is -0.974. The van der Waals surface area contributed by atoms with Crippen LogP contribution in [-0.2, 0) is 16.1 Å². The lowest BCUT2D eigenvalue weighted by atomic mass is 9.84. The molecule has 3 atom stereocenters. The lowest BCUT2D eigenvalue weighted by Crippen LogP contribution is -2.50. The van der Waals surface area contributed by atoms with E-state index in [-0.39, 0.29) is 35.9 Å². The Kier molecular flexibility index (Phi) is 7.56. The SMILES string of the molecule is [B]c1ccc(C)c(N(C)C(=O)C2C[C@](C)(C#N)[C@@H](C)N2C(=O)Cn2nc(C(C)=O)c3cc(-c4cnc(C)nc4)ncc32)n1. The summed E-state index contributed by atoms with van der Waals surface area (Å²) in [5, 5.41) is 15.0. The minimum absolute atomic E-state index is 0.142. The van der Waals surface area contributed by atoms with Gasteiger partial charge in [0.1, 0.15) is 37.8 Å². The summed E-state index contributed by atoms with van der Waals surface area (Å²) in [6.45, 7) is 8.23. The zero-order valence-corrected chi connectivity index (χ0v) is 24.9. The molecule has 1 unspecified atom stereocenters. The van der Waals surface area contributed by atoms with Crippen LogP contribution in [0.5, 0.6) is 0 Å². The number of pyridine rings is 2. The molecule has 43 heavy (non-hydrogen) atoms. The molecule has 216 valence electrons. The van der Waals surface area contributed by atoms with Gasteiger partial charge in [-0.05, 0) is 51.3 Å². The molecule has 0 spiro atoms. The number of carbonyl (C=O) groups is 3. The number of aryl methyl sites for hydroxylation is 2. The number of nitrogens with zero attached hydrogens (tertiary/aromatic N) is 9. The second kappa shape index (κ2) is 11.0. The van der Waals surface area contributed by atoms with E-state index in [4.69, 9.17) is 7.85 Å². The van der Waals surface area contributed by atoms with Gasteiger partial charge in [-0.3, -0.25) is 28.9 Å². The number of fused-ring (bicyclic) bond motifs is 1. The quantitative estimate of drug-likeness (QED) is 0.249. The zero-order chi connectivity index (χ0) is 31.2. The highest BCUT2D eigenvalue weighted by Crippen LogP contribution is 2.41. The molecule has 0 aliphatic carbocycles. The van der Waals surface area contributed by atoms with Crippen LogP contribution in [0.2, 0.25) is 0 Å². The topological polar surface area (TPSA) is 151 Å². The number of nitriles is 1. The maximum atomic E-state index is 14.0. The molecule has 13 heteroatoms. The van der Waals surface area contributed by atoms with Gasteiger partial charge < -0.3 is 4.90 Å². The van der Waals surface area contributed by atoms with Crippen molar-refractivity contribution in [3.05, 3.63) is 53.9 Å². The first-order chi connectivity index (χ1) is 20.3. The molecule has 0 N–H and O–H groups in total. The van der Waals surface area contributed by atoms with E-state index < -0.39 is 23.4 Å². The molecule has 1 aliphatic rings. The van der Waals surface area contributed by atoms with Crippen LogP contribution in [0.1, 0.15) is 49.1 Å². The van der Waals surface area contributed by atoms with Crippen LogP contribution in [0.4, 0.5) is 5.82 Å². The molecule has 2 amide bonds. The zero-order valence-electron chi connectivity index (χ0n) is 24.9. The number of ketones is 1. The van der Waals surface area contributed by atoms with E-state index in [1.54, 1.807) is 64.6 Å². The van der Waals surface area contributed by atoms with Crippen molar-refractivity contribution < 1.29 is 14.4 Å². The largest absolute Gasteiger partial charge is 0.325 e. The van der Waals surface area contributed by atoms with Crippen molar-refractivity contribution in [1.29, 1.82) is 5.26 Å². The molecule has 4 aromatic rings. The molecule has 1 saturated heterocycles. The van der Waals surface area contributed by atoms with Crippen LogP contribution in [-0.4, -0.2) is 79.2 Å². The third-order valence-electron chi connectivity index (χ3n) is 8.19. The number of amides is 2. The van der Waals surface area contributed by atoms with Crippen LogP contribution in [0.3, 0.4) is 0 Å². The average Bonchev–Trinajstić information content (AvgIpc) is 3.48. The lowest BCUT2D eigenvalue weighted by Gasteiger charge is -2.31. The fourth-order valence-electron chi connectivity index (χ4n) is 5.53. The van der Waals surface area contributed by atoms with E-state index in [0.29, 0.717) is 33.8 Å². The molecular weight excluding hydrogens is 545 g/mol. The first-order valence-electron chi connectivity index (χ1n) is 13.7. The molecule has 0 bridgehead atoms. The van der Waals surface area contributed by atoms with E-state index in [1.807, 2.05) is 6.92 Å². The Morgan fingerprint density at radius 2 is 1.86 bits per heavy atom. The fourth-order valence-corrected chi connectivity index (χ4v) is 5.53. The fraction of sp³-hybridized carbons (Fsp3) is 0.367. The Hall–Kier alpha value is -4.99. The van der Waals surface area contributed by atoms with Gasteiger partial charge in [0.15, 0.2) is 5.78 Å². The standard InChI is InChI=1S/C30H30BN9O3/c1-16-7-8-25(31)36-28(16)38(6)29(43)23-10-30(5,15-32)18(3)40(23)26(42)14-39-24-13-35-22(20-11-33-19(4)34-12-20)9-21(24)27(37-39)17(2)41/h7-9,11-13,18,23H,10,14H2,1-6H3/t18-,23?,30-/m1/s1. The Balaban J connectivity index is 1.50. The van der Waals surface area contributed by atoms with Gasteiger partial charge in [0.05, 0.1) is 28.9 Å². The van der Waals surface area contributed by atoms with Gasteiger partial charge >= 0.3 is 0 Å². The summed E-state index contributed by atoms with van der Waals surface area (Å²) in [6, 6.07) is 5.93. The highest BCUT2D eigenvalue weighted by Gasteiger charge is 2.52. The van der Waals surface area contributed by atoms with E-state index in [1.165, 1.54) is 21.4 Å². The maximum Gasteiger partial charge on any atom is 0.250 e. The number of likely N-dealkylation sites (N-methyl/N-ethyl adjacent to an activating group) is 1. The predicted molar refractivity (Wildman–Crippen MR) is 160 cm³/mol. The summed E-state index contributed by atoms with van der Waals surface area (Å²) in [7, 11) is 7.46. The van der Waals surface area contributed by atoms with Crippen LogP contribution in [0.25, 0.3) is 22.2 Å². The molecule has 5 rings (SSSR count). The minimum Gasteiger partial charge on any atom is -0.325 e. The van der Waals surface area contributed by atoms with Crippen molar-refractivity contribution in [2.24, 2.45) is 5.41 Å². The van der Waals surface area contributed by atoms with Crippen LogP contribution < -0.4 is 10.5 Å². The van der Waals surface area contributed by atoms with Crippen molar-refractivity contribution in [3.63, 3.8) is 0 Å². The first-order valence-corrected chi connectivity index (χ1v) is 13.7. The highest BCUT2D eigenvalue weighted by atomic mass is 16.2. The van der Waals surface area contributed by atoms with Crippen molar-refractivity contribution in [2.75, 3.05) is 11.9 Å². The number of hydrogen-bond donors (Lipinski definition) is 0. The van der Waals surface area contributed by atoms with Crippen LogP contribution >= 0.6 is 0 Å². The van der Waals surface area contributed by atoms with Gasteiger partial charge in [-0.15, -0.1) is 0 Å². The molecule has 4 aromatic heterocycles. The molecule has 2 radical (unpaired) electrons. The summed E-state index contributed by atoms with van der Waals surface area (Å²) in [5.41, 5.74) is 1.91. The third-order valence-corrected chi connectivity index (χ3v) is 8.19. The lowest BCUT2D eigenvalue weighted by molar-refractivity contribution is -0.140. The van der Waals surface area contributed by atoms with Crippen molar-refractivity contribution >= 4 is 47.8 Å². The van der Waals surface area contributed by atoms with E-state index in [2.05, 4.69) is 31.1 Å². The monoisotopic (exact) mass is 575 g/mol. The number of Topliss-reactive ketones (excluding diaryl/α,β-unsaturated/α-hetero) is 1. The van der Waals surface area contributed by atoms with Gasteiger partial charge in [0.2, 0.25) is 5.91 Å². The van der Waals surface area contributed by atoms with Gasteiger partial charge in [0, 0.05) is 43.4 Å². The Morgan fingerprint density at radius 3 is 2.51 bits per heavy atom. The summed E-state index contributed by atoms with van der Waals surface area (Å²) in [6.07, 6.45) is 4.99. The number of carbonyl (C=O) groups excluding carboxylic acids is 3. The van der Waals surface area contributed by atoms with Gasteiger partial charge in [-0.2, -0.15) is 10.4 Å². The summed E-state index contributed by atoms with van der Waals surface area (Å²) >= 11 is 0. The molecule has 1 aliphatic heterocycles. The maximum absolute atomic E-state index is 14.0. The number of hydrogen-bond acceptors (Lipinski definition) is 9. The molecular formula is C30H30BN9O3. The van der Waals surface area contributed by atoms with Crippen molar-refractivity contribution in [2.45, 2.75) is 59.7 Å². The van der Waals surface area contributed by atoms with E-state index in [9.17, 15) is 19.6 Å². The van der Waals surface area contributed by atoms with E-state index >= 15 is 0 Å². The molecule has 0 saturated carbocycles. The summed E-state index contributed by atoms with van der Waals surface area (Å²) in [5.74, 6) is -0.0975. The molecule has 0 aromatic carbocycles. The van der Waals surface area contributed by atoms with E-state index in [0.717, 1.165) is 5.56 Å². The number of aromatic nitrogens is 6. The highest BCUT2D eigenvalue weighted by molar-refractivity contribution is 6.30.